The number of methoxy groups -OCH3 is 1. The smallest absolute Gasteiger partial charge is 0.236 e. The molecule has 0 aliphatic rings. The van der Waals surface area contributed by atoms with Gasteiger partial charge in [0.25, 0.3) is 0 Å². The first-order valence-electron chi connectivity index (χ1n) is 6.87. The van der Waals surface area contributed by atoms with Crippen molar-refractivity contribution in [2.75, 3.05) is 7.11 Å². The first-order valence-corrected chi connectivity index (χ1v) is 6.87. The predicted octanol–water partition coefficient (Wildman–Crippen LogP) is 3.74. The standard InChI is InChI=1S/C18H16N2O/c1-21-18-16(12-14-8-4-2-5-9-14)13-17(19-20-18)15-10-6-3-7-11-15/h2-11,13H,12H2,1H3. The Kier molecular flexibility index (Phi) is 3.92. The van der Waals surface area contributed by atoms with Gasteiger partial charge in [0.2, 0.25) is 5.88 Å². The van der Waals surface area contributed by atoms with E-state index in [0.717, 1.165) is 23.2 Å². The molecule has 3 aromatic rings. The van der Waals surface area contributed by atoms with Crippen molar-refractivity contribution in [2.24, 2.45) is 0 Å². The van der Waals surface area contributed by atoms with E-state index in [-0.39, 0.29) is 0 Å². The van der Waals surface area contributed by atoms with E-state index in [9.17, 15) is 0 Å². The van der Waals surface area contributed by atoms with E-state index in [4.69, 9.17) is 4.74 Å². The Morgan fingerprint density at radius 3 is 2.19 bits per heavy atom. The minimum Gasteiger partial charge on any atom is -0.480 e. The van der Waals surface area contributed by atoms with Gasteiger partial charge < -0.3 is 4.74 Å². The van der Waals surface area contributed by atoms with Crippen LogP contribution in [-0.2, 0) is 6.42 Å². The van der Waals surface area contributed by atoms with Gasteiger partial charge in [-0.1, -0.05) is 60.7 Å². The molecule has 21 heavy (non-hydrogen) atoms. The molecule has 0 amide bonds. The first kappa shape index (κ1) is 13.3. The molecule has 3 nitrogen and oxygen atoms in total. The zero-order valence-corrected chi connectivity index (χ0v) is 11.9. The molecule has 0 N–H and O–H groups in total. The SMILES string of the molecule is COc1nnc(-c2ccccc2)cc1Cc1ccccc1. The van der Waals surface area contributed by atoms with Crippen molar-refractivity contribution < 1.29 is 4.74 Å². The molecule has 104 valence electrons. The lowest BCUT2D eigenvalue weighted by Crippen LogP contribution is -2.00. The summed E-state index contributed by atoms with van der Waals surface area (Å²) in [5.41, 5.74) is 4.18. The summed E-state index contributed by atoms with van der Waals surface area (Å²) in [5, 5.41) is 8.44. The molecule has 3 heteroatoms. The van der Waals surface area contributed by atoms with Crippen LogP contribution >= 0.6 is 0 Å². The van der Waals surface area contributed by atoms with Gasteiger partial charge >= 0.3 is 0 Å². The number of nitrogens with zero attached hydrogens (tertiary/aromatic N) is 2. The van der Waals surface area contributed by atoms with Gasteiger partial charge in [-0.25, -0.2) is 0 Å². The Bertz CT molecular complexity index is 712. The molecule has 1 aromatic heterocycles. The van der Waals surface area contributed by atoms with Gasteiger partial charge in [0.15, 0.2) is 0 Å². The highest BCUT2D eigenvalue weighted by atomic mass is 16.5. The molecule has 0 saturated carbocycles. The second-order valence-electron chi connectivity index (χ2n) is 4.79. The van der Waals surface area contributed by atoms with Crippen molar-refractivity contribution in [3.8, 4) is 17.1 Å². The zero-order valence-electron chi connectivity index (χ0n) is 11.9. The van der Waals surface area contributed by atoms with E-state index >= 15 is 0 Å². The van der Waals surface area contributed by atoms with Crippen molar-refractivity contribution in [3.05, 3.63) is 77.9 Å². The van der Waals surface area contributed by atoms with Crippen LogP contribution in [0.5, 0.6) is 5.88 Å². The maximum Gasteiger partial charge on any atom is 0.236 e. The fourth-order valence-electron chi connectivity index (χ4n) is 2.28. The normalized spacial score (nSPS) is 10.3. The van der Waals surface area contributed by atoms with Crippen LogP contribution in [-0.4, -0.2) is 17.3 Å². The van der Waals surface area contributed by atoms with Gasteiger partial charge in [0, 0.05) is 17.5 Å². The van der Waals surface area contributed by atoms with E-state index < -0.39 is 0 Å². The quantitative estimate of drug-likeness (QED) is 0.728. The van der Waals surface area contributed by atoms with E-state index in [1.54, 1.807) is 7.11 Å². The largest absolute Gasteiger partial charge is 0.480 e. The Morgan fingerprint density at radius 2 is 1.52 bits per heavy atom. The maximum absolute atomic E-state index is 5.33. The minimum absolute atomic E-state index is 0.582. The van der Waals surface area contributed by atoms with Crippen LogP contribution in [0.1, 0.15) is 11.1 Å². The lowest BCUT2D eigenvalue weighted by atomic mass is 10.0. The average molecular weight is 276 g/mol. The molecule has 0 aliphatic heterocycles. The highest BCUT2D eigenvalue weighted by Crippen LogP contribution is 2.24. The van der Waals surface area contributed by atoms with Crippen molar-refractivity contribution in [1.82, 2.24) is 10.2 Å². The third-order valence-electron chi connectivity index (χ3n) is 3.33. The van der Waals surface area contributed by atoms with E-state index in [1.165, 1.54) is 5.56 Å². The molecular formula is C18H16N2O. The summed E-state index contributed by atoms with van der Waals surface area (Å²) >= 11 is 0. The number of aromatic nitrogens is 2. The van der Waals surface area contributed by atoms with Gasteiger partial charge in [-0.05, 0) is 11.6 Å². The fraction of sp³-hybridized carbons (Fsp3) is 0.111. The monoisotopic (exact) mass is 276 g/mol. The van der Waals surface area contributed by atoms with E-state index in [2.05, 4.69) is 22.3 Å². The van der Waals surface area contributed by atoms with Crippen molar-refractivity contribution >= 4 is 0 Å². The third-order valence-corrected chi connectivity index (χ3v) is 3.33. The lowest BCUT2D eigenvalue weighted by Gasteiger charge is -2.09. The van der Waals surface area contributed by atoms with Crippen LogP contribution in [0.25, 0.3) is 11.3 Å². The average Bonchev–Trinajstić information content (AvgIpc) is 2.56. The van der Waals surface area contributed by atoms with Crippen LogP contribution in [0.2, 0.25) is 0 Å². The van der Waals surface area contributed by atoms with Crippen LogP contribution in [0, 0.1) is 0 Å². The minimum atomic E-state index is 0.582. The van der Waals surface area contributed by atoms with Gasteiger partial charge in [0.1, 0.15) is 0 Å². The maximum atomic E-state index is 5.33. The van der Waals surface area contributed by atoms with Gasteiger partial charge in [-0.3, -0.25) is 0 Å². The summed E-state index contributed by atoms with van der Waals surface area (Å²) in [6, 6.07) is 22.4. The van der Waals surface area contributed by atoms with Gasteiger partial charge in [0.05, 0.1) is 12.8 Å². The number of hydrogen-bond donors (Lipinski definition) is 0. The third kappa shape index (κ3) is 3.08. The summed E-state index contributed by atoms with van der Waals surface area (Å²) in [5.74, 6) is 0.582. The molecule has 0 atom stereocenters. The van der Waals surface area contributed by atoms with Crippen LogP contribution < -0.4 is 4.74 Å². The van der Waals surface area contributed by atoms with Crippen molar-refractivity contribution in [2.45, 2.75) is 6.42 Å². The number of rotatable bonds is 4. The number of benzene rings is 2. The van der Waals surface area contributed by atoms with E-state index in [0.29, 0.717) is 5.88 Å². The molecule has 0 unspecified atom stereocenters. The summed E-state index contributed by atoms with van der Waals surface area (Å²) in [7, 11) is 1.63. The molecule has 0 spiro atoms. The Hall–Kier alpha value is -2.68. The van der Waals surface area contributed by atoms with Crippen LogP contribution in [0.3, 0.4) is 0 Å². The van der Waals surface area contributed by atoms with Crippen LogP contribution in [0.15, 0.2) is 66.7 Å². The second kappa shape index (κ2) is 6.18. The Balaban J connectivity index is 1.98. The Labute approximate surface area is 124 Å². The molecule has 2 aromatic carbocycles. The van der Waals surface area contributed by atoms with Crippen molar-refractivity contribution in [1.29, 1.82) is 0 Å². The van der Waals surface area contributed by atoms with Gasteiger partial charge in [-0.2, -0.15) is 0 Å². The molecule has 0 aliphatic carbocycles. The highest BCUT2D eigenvalue weighted by molar-refractivity contribution is 5.60. The van der Waals surface area contributed by atoms with E-state index in [1.807, 2.05) is 54.6 Å². The lowest BCUT2D eigenvalue weighted by molar-refractivity contribution is 0.387. The molecule has 0 radical (unpaired) electrons. The topological polar surface area (TPSA) is 35.0 Å². The van der Waals surface area contributed by atoms with Crippen molar-refractivity contribution in [3.63, 3.8) is 0 Å². The molecular weight excluding hydrogens is 260 g/mol. The van der Waals surface area contributed by atoms with Crippen LogP contribution in [0.4, 0.5) is 0 Å². The number of ether oxygens (including phenoxy) is 1. The first-order chi connectivity index (χ1) is 10.4. The second-order valence-corrected chi connectivity index (χ2v) is 4.79. The summed E-state index contributed by atoms with van der Waals surface area (Å²) in [6.45, 7) is 0. The highest BCUT2D eigenvalue weighted by Gasteiger charge is 2.09. The fourth-order valence-corrected chi connectivity index (χ4v) is 2.28. The summed E-state index contributed by atoms with van der Waals surface area (Å²) in [4.78, 5) is 0. The predicted molar refractivity (Wildman–Crippen MR) is 83.3 cm³/mol. The molecule has 0 fully saturated rings. The zero-order chi connectivity index (χ0) is 14.5. The summed E-state index contributed by atoms with van der Waals surface area (Å²) < 4.78 is 5.33. The molecule has 3 rings (SSSR count). The molecule has 1 heterocycles. The summed E-state index contributed by atoms with van der Waals surface area (Å²) in [6.07, 6.45) is 0.777. The molecule has 0 saturated heterocycles. The number of hydrogen-bond acceptors (Lipinski definition) is 3. The molecule has 0 bridgehead atoms. The van der Waals surface area contributed by atoms with Gasteiger partial charge in [-0.15, -0.1) is 10.2 Å². The Morgan fingerprint density at radius 1 is 0.857 bits per heavy atom.